The number of amides is 1. The highest BCUT2D eigenvalue weighted by Gasteiger charge is 2.36. The number of halogens is 2. The summed E-state index contributed by atoms with van der Waals surface area (Å²) in [6, 6.07) is 12.9. The van der Waals surface area contributed by atoms with E-state index in [4.69, 9.17) is 23.2 Å². The molecule has 4 rings (SSSR count). The van der Waals surface area contributed by atoms with Gasteiger partial charge in [0.25, 0.3) is 5.91 Å². The third-order valence-corrected chi connectivity index (χ3v) is 8.88. The predicted octanol–water partition coefficient (Wildman–Crippen LogP) is 5.35. The summed E-state index contributed by atoms with van der Waals surface area (Å²) in [5.74, 6) is -0.176. The van der Waals surface area contributed by atoms with Gasteiger partial charge < -0.3 is 4.90 Å². The third kappa shape index (κ3) is 4.17. The summed E-state index contributed by atoms with van der Waals surface area (Å²) in [5.41, 5.74) is 2.07. The SMILES string of the molecule is Cc1ccc(CN(C(=O)c2sc3cccc(Cl)c3c2Cl)[C@H]2CCS(=O)(=O)C2)cc1. The van der Waals surface area contributed by atoms with Crippen molar-refractivity contribution in [3.05, 3.63) is 68.5 Å². The van der Waals surface area contributed by atoms with Crippen LogP contribution in [0.2, 0.25) is 10.0 Å². The summed E-state index contributed by atoms with van der Waals surface area (Å²) < 4.78 is 25.0. The number of fused-ring (bicyclic) bond motifs is 1. The van der Waals surface area contributed by atoms with Gasteiger partial charge in [0, 0.05) is 22.7 Å². The Balaban J connectivity index is 1.74. The summed E-state index contributed by atoms with van der Waals surface area (Å²) >= 11 is 14.1. The standard InChI is InChI=1S/C21H19Cl2NO3S2/c1-13-5-7-14(8-6-13)11-24(15-9-10-29(26,27)12-15)21(25)20-19(23)18-16(22)3-2-4-17(18)28-20/h2-8,15H,9-12H2,1H3/t15-/m0/s1. The van der Waals surface area contributed by atoms with Crippen molar-refractivity contribution in [3.8, 4) is 0 Å². The highest BCUT2D eigenvalue weighted by atomic mass is 35.5. The van der Waals surface area contributed by atoms with Crippen LogP contribution >= 0.6 is 34.5 Å². The van der Waals surface area contributed by atoms with Crippen LogP contribution in [0.25, 0.3) is 10.1 Å². The van der Waals surface area contributed by atoms with Crippen LogP contribution in [0.5, 0.6) is 0 Å². The molecule has 2 heterocycles. The van der Waals surface area contributed by atoms with Gasteiger partial charge in [-0.2, -0.15) is 0 Å². The first-order valence-electron chi connectivity index (χ1n) is 9.18. The zero-order valence-corrected chi connectivity index (χ0v) is 18.8. The first-order chi connectivity index (χ1) is 13.7. The van der Waals surface area contributed by atoms with Gasteiger partial charge in [0.05, 0.1) is 21.6 Å². The molecule has 1 aromatic heterocycles. The Kier molecular flexibility index (Phi) is 5.64. The van der Waals surface area contributed by atoms with Crippen LogP contribution in [0.1, 0.15) is 27.2 Å². The van der Waals surface area contributed by atoms with E-state index in [0.29, 0.717) is 33.3 Å². The second kappa shape index (κ2) is 7.91. The van der Waals surface area contributed by atoms with Gasteiger partial charge in [0.15, 0.2) is 9.84 Å². The van der Waals surface area contributed by atoms with E-state index in [1.54, 1.807) is 11.0 Å². The number of nitrogens with zero attached hydrogens (tertiary/aromatic N) is 1. The zero-order valence-electron chi connectivity index (χ0n) is 15.7. The molecule has 3 aromatic rings. The van der Waals surface area contributed by atoms with Gasteiger partial charge in [-0.25, -0.2) is 8.42 Å². The van der Waals surface area contributed by atoms with Crippen molar-refractivity contribution < 1.29 is 13.2 Å². The van der Waals surface area contributed by atoms with Crippen LogP contribution in [-0.2, 0) is 16.4 Å². The molecule has 4 nitrogen and oxygen atoms in total. The monoisotopic (exact) mass is 467 g/mol. The summed E-state index contributed by atoms with van der Waals surface area (Å²) in [6.45, 7) is 2.33. The van der Waals surface area contributed by atoms with Crippen molar-refractivity contribution in [3.63, 3.8) is 0 Å². The van der Waals surface area contributed by atoms with Crippen LogP contribution in [0.15, 0.2) is 42.5 Å². The van der Waals surface area contributed by atoms with Crippen molar-refractivity contribution in [1.29, 1.82) is 0 Å². The molecule has 1 atom stereocenters. The van der Waals surface area contributed by atoms with E-state index in [-0.39, 0.29) is 23.5 Å². The Morgan fingerprint density at radius 1 is 1.17 bits per heavy atom. The van der Waals surface area contributed by atoms with Gasteiger partial charge in [-0.3, -0.25) is 4.79 Å². The normalized spacial score (nSPS) is 18.2. The molecule has 0 unspecified atom stereocenters. The Labute approximate surface area is 184 Å². The lowest BCUT2D eigenvalue weighted by atomic mass is 10.1. The number of sulfone groups is 1. The molecule has 1 saturated heterocycles. The summed E-state index contributed by atoms with van der Waals surface area (Å²) in [7, 11) is -3.14. The molecule has 0 N–H and O–H groups in total. The highest BCUT2D eigenvalue weighted by Crippen LogP contribution is 2.40. The minimum absolute atomic E-state index is 0.0200. The highest BCUT2D eigenvalue weighted by molar-refractivity contribution is 7.91. The molecule has 0 bridgehead atoms. The van der Waals surface area contributed by atoms with Gasteiger partial charge >= 0.3 is 0 Å². The molecule has 1 aliphatic heterocycles. The quantitative estimate of drug-likeness (QED) is 0.519. The van der Waals surface area contributed by atoms with Crippen LogP contribution < -0.4 is 0 Å². The van der Waals surface area contributed by atoms with Crippen molar-refractivity contribution in [2.24, 2.45) is 0 Å². The van der Waals surface area contributed by atoms with Gasteiger partial charge in [-0.05, 0) is 31.0 Å². The third-order valence-electron chi connectivity index (χ3n) is 5.18. The molecule has 1 fully saturated rings. The Morgan fingerprint density at radius 3 is 2.52 bits per heavy atom. The fourth-order valence-electron chi connectivity index (χ4n) is 3.62. The first-order valence-corrected chi connectivity index (χ1v) is 12.6. The van der Waals surface area contributed by atoms with E-state index in [1.165, 1.54) is 11.3 Å². The number of hydrogen-bond donors (Lipinski definition) is 0. The Morgan fingerprint density at radius 2 is 1.90 bits per heavy atom. The average Bonchev–Trinajstić information content (AvgIpc) is 3.21. The van der Waals surface area contributed by atoms with Crippen molar-refractivity contribution >= 4 is 60.4 Å². The first kappa shape index (κ1) is 20.7. The molecule has 2 aromatic carbocycles. The topological polar surface area (TPSA) is 54.5 Å². The van der Waals surface area contributed by atoms with Gasteiger partial charge in [-0.1, -0.05) is 59.1 Å². The molecule has 0 saturated carbocycles. The van der Waals surface area contributed by atoms with E-state index < -0.39 is 9.84 Å². The molecular weight excluding hydrogens is 449 g/mol. The van der Waals surface area contributed by atoms with Gasteiger partial charge in [0.2, 0.25) is 0 Å². The van der Waals surface area contributed by atoms with Crippen molar-refractivity contribution in [2.45, 2.75) is 25.9 Å². The molecule has 0 spiro atoms. The van der Waals surface area contributed by atoms with Crippen LogP contribution in [0, 0.1) is 6.92 Å². The largest absolute Gasteiger partial charge is 0.330 e. The van der Waals surface area contributed by atoms with E-state index in [0.717, 1.165) is 15.8 Å². The maximum absolute atomic E-state index is 13.5. The van der Waals surface area contributed by atoms with Crippen molar-refractivity contribution in [1.82, 2.24) is 4.90 Å². The fraction of sp³-hybridized carbons (Fsp3) is 0.286. The van der Waals surface area contributed by atoms with Gasteiger partial charge in [-0.15, -0.1) is 11.3 Å². The van der Waals surface area contributed by atoms with Crippen LogP contribution in [-0.4, -0.2) is 36.8 Å². The molecule has 8 heteroatoms. The summed E-state index contributed by atoms with van der Waals surface area (Å²) in [6.07, 6.45) is 0.434. The number of benzene rings is 2. The van der Waals surface area contributed by atoms with E-state index in [2.05, 4.69) is 0 Å². The maximum atomic E-state index is 13.5. The van der Waals surface area contributed by atoms with E-state index in [1.807, 2.05) is 43.3 Å². The lowest BCUT2D eigenvalue weighted by molar-refractivity contribution is 0.0686. The second-order valence-corrected chi connectivity index (χ2v) is 11.4. The predicted molar refractivity (Wildman–Crippen MR) is 120 cm³/mol. The maximum Gasteiger partial charge on any atom is 0.266 e. The number of rotatable bonds is 4. The zero-order chi connectivity index (χ0) is 20.8. The fourth-order valence-corrected chi connectivity index (χ4v) is 7.25. The Hall–Kier alpha value is -1.60. The number of carbonyl (C=O) groups is 1. The molecule has 1 aliphatic rings. The van der Waals surface area contributed by atoms with Crippen molar-refractivity contribution in [2.75, 3.05) is 11.5 Å². The molecular formula is C21H19Cl2NO3S2. The molecule has 0 radical (unpaired) electrons. The van der Waals surface area contributed by atoms with Crippen LogP contribution in [0.3, 0.4) is 0 Å². The van der Waals surface area contributed by atoms with Gasteiger partial charge in [0.1, 0.15) is 4.88 Å². The average molecular weight is 468 g/mol. The lowest BCUT2D eigenvalue weighted by Crippen LogP contribution is -2.40. The smallest absolute Gasteiger partial charge is 0.266 e. The van der Waals surface area contributed by atoms with E-state index in [9.17, 15) is 13.2 Å². The Bertz CT molecular complexity index is 1190. The molecule has 152 valence electrons. The molecule has 29 heavy (non-hydrogen) atoms. The summed E-state index contributed by atoms with van der Waals surface area (Å²) in [5, 5.41) is 1.49. The minimum Gasteiger partial charge on any atom is -0.330 e. The minimum atomic E-state index is -3.14. The number of aryl methyl sites for hydroxylation is 1. The lowest BCUT2D eigenvalue weighted by Gasteiger charge is -2.28. The van der Waals surface area contributed by atoms with E-state index >= 15 is 0 Å². The number of hydrogen-bond acceptors (Lipinski definition) is 4. The molecule has 0 aliphatic carbocycles. The molecule has 1 amide bonds. The number of thiophene rings is 1. The second-order valence-electron chi connectivity index (χ2n) is 7.33. The van der Waals surface area contributed by atoms with Crippen LogP contribution in [0.4, 0.5) is 0 Å². The number of carbonyl (C=O) groups excluding carboxylic acids is 1. The summed E-state index contributed by atoms with van der Waals surface area (Å²) in [4.78, 5) is 15.6.